The Morgan fingerprint density at radius 2 is 1.15 bits per heavy atom. The lowest BCUT2D eigenvalue weighted by atomic mass is 10.2. The molecule has 0 aliphatic rings. The first-order valence-corrected chi connectivity index (χ1v) is 11.3. The van der Waals surface area contributed by atoms with Gasteiger partial charge in [0.25, 0.3) is 0 Å². The Labute approximate surface area is 167 Å². The van der Waals surface area contributed by atoms with Gasteiger partial charge in [-0.1, -0.05) is 78.6 Å². The minimum absolute atomic E-state index is 0.702. The monoisotopic (exact) mass is 377 g/mol. The van der Waals surface area contributed by atoms with Gasteiger partial charge >= 0.3 is 0 Å². The second kappa shape index (κ2) is 16.8. The Morgan fingerprint density at radius 1 is 0.630 bits per heavy atom. The molecule has 3 heteroatoms. The summed E-state index contributed by atoms with van der Waals surface area (Å²) in [7, 11) is 0. The predicted octanol–water partition coefficient (Wildman–Crippen LogP) is 7.36. The first kappa shape index (κ1) is 23.7. The first-order chi connectivity index (χ1) is 13.3. The van der Waals surface area contributed by atoms with Crippen molar-refractivity contribution in [3.63, 3.8) is 0 Å². The van der Waals surface area contributed by atoms with E-state index in [2.05, 4.69) is 26.8 Å². The molecule has 0 heterocycles. The van der Waals surface area contributed by atoms with Gasteiger partial charge in [0.1, 0.15) is 0 Å². The average Bonchev–Trinajstić information content (AvgIpc) is 2.68. The maximum absolute atomic E-state index is 6.09. The largest absolute Gasteiger partial charge is 0.490 e. The lowest BCUT2D eigenvalue weighted by Gasteiger charge is -2.17. The number of benzene rings is 1. The smallest absolute Gasteiger partial charge is 0.204 e. The van der Waals surface area contributed by atoms with Gasteiger partial charge in [0, 0.05) is 6.07 Å². The van der Waals surface area contributed by atoms with E-state index in [0.717, 1.165) is 37.4 Å². The Balaban J connectivity index is 2.60. The first-order valence-electron chi connectivity index (χ1n) is 11.3. The highest BCUT2D eigenvalue weighted by atomic mass is 16.5. The van der Waals surface area contributed by atoms with Gasteiger partial charge in [-0.3, -0.25) is 0 Å². The summed E-state index contributed by atoms with van der Waals surface area (Å²) in [6.07, 6.45) is 14.3. The molecular weight excluding hydrogens is 336 g/mol. The van der Waals surface area contributed by atoms with Gasteiger partial charge in [-0.15, -0.1) is 0 Å². The quantitative estimate of drug-likeness (QED) is 0.250. The van der Waals surface area contributed by atoms with E-state index >= 15 is 0 Å². The minimum atomic E-state index is 0.702. The van der Waals surface area contributed by atoms with Crippen molar-refractivity contribution in [3.8, 4) is 17.2 Å². The summed E-state index contributed by atoms with van der Waals surface area (Å²) < 4.78 is 18.1. The van der Waals surface area contributed by atoms with Crippen LogP contribution in [-0.4, -0.2) is 19.8 Å². The molecule has 1 aromatic rings. The maximum atomic E-state index is 6.09. The zero-order valence-corrected chi connectivity index (χ0v) is 18.0. The molecule has 27 heavy (non-hydrogen) atoms. The molecule has 0 N–H and O–H groups in total. The van der Waals surface area contributed by atoms with Gasteiger partial charge in [0.2, 0.25) is 5.75 Å². The van der Waals surface area contributed by atoms with Crippen LogP contribution in [0.4, 0.5) is 0 Å². The normalized spacial score (nSPS) is 10.8. The number of ether oxygens (including phenoxy) is 3. The van der Waals surface area contributed by atoms with Crippen molar-refractivity contribution in [2.75, 3.05) is 19.8 Å². The van der Waals surface area contributed by atoms with Crippen LogP contribution in [0.15, 0.2) is 12.1 Å². The van der Waals surface area contributed by atoms with Crippen molar-refractivity contribution in [1.29, 1.82) is 0 Å². The molecule has 0 bridgehead atoms. The Bertz CT molecular complexity index is 427. The van der Waals surface area contributed by atoms with Crippen LogP contribution in [0, 0.1) is 6.07 Å². The molecule has 0 saturated carbocycles. The minimum Gasteiger partial charge on any atom is -0.490 e. The molecule has 0 atom stereocenters. The third kappa shape index (κ3) is 11.1. The Hall–Kier alpha value is -1.38. The summed E-state index contributed by atoms with van der Waals surface area (Å²) >= 11 is 0. The van der Waals surface area contributed by atoms with Crippen molar-refractivity contribution in [2.24, 2.45) is 0 Å². The molecule has 0 fully saturated rings. The molecule has 0 aromatic heterocycles. The van der Waals surface area contributed by atoms with Gasteiger partial charge < -0.3 is 14.2 Å². The molecule has 0 aliphatic carbocycles. The van der Waals surface area contributed by atoms with Crippen molar-refractivity contribution < 1.29 is 14.2 Å². The summed E-state index contributed by atoms with van der Waals surface area (Å²) in [4.78, 5) is 0. The third-order valence-corrected chi connectivity index (χ3v) is 4.62. The molecule has 1 radical (unpaired) electrons. The third-order valence-electron chi connectivity index (χ3n) is 4.62. The molecule has 155 valence electrons. The zero-order chi connectivity index (χ0) is 19.6. The second-order valence-electron chi connectivity index (χ2n) is 7.23. The second-order valence-corrected chi connectivity index (χ2v) is 7.23. The fourth-order valence-electron chi connectivity index (χ4n) is 2.92. The molecule has 0 saturated heterocycles. The molecular formula is C24H41O3. The lowest BCUT2D eigenvalue weighted by Crippen LogP contribution is -2.06. The van der Waals surface area contributed by atoms with E-state index in [-0.39, 0.29) is 0 Å². The molecule has 0 aliphatic heterocycles. The van der Waals surface area contributed by atoms with Crippen molar-refractivity contribution in [3.05, 3.63) is 18.2 Å². The van der Waals surface area contributed by atoms with Crippen LogP contribution in [0.25, 0.3) is 0 Å². The lowest BCUT2D eigenvalue weighted by molar-refractivity contribution is 0.234. The summed E-state index contributed by atoms with van der Waals surface area (Å²) in [5.41, 5.74) is 0. The fourth-order valence-corrected chi connectivity index (χ4v) is 2.92. The maximum Gasteiger partial charge on any atom is 0.204 e. The zero-order valence-electron chi connectivity index (χ0n) is 18.0. The molecule has 1 rings (SSSR count). The molecule has 0 amide bonds. The van der Waals surface area contributed by atoms with Gasteiger partial charge in [-0.05, 0) is 31.4 Å². The summed E-state index contributed by atoms with van der Waals surface area (Å²) in [6, 6.07) is 7.04. The summed E-state index contributed by atoms with van der Waals surface area (Å²) in [5, 5.41) is 0. The number of hydrogen-bond acceptors (Lipinski definition) is 3. The van der Waals surface area contributed by atoms with Gasteiger partial charge in [0.05, 0.1) is 19.8 Å². The number of unbranched alkanes of at least 4 members (excludes halogenated alkanes) is 9. The summed E-state index contributed by atoms with van der Waals surface area (Å²) in [5.74, 6) is 2.23. The predicted molar refractivity (Wildman–Crippen MR) is 114 cm³/mol. The van der Waals surface area contributed by atoms with Crippen LogP contribution in [-0.2, 0) is 0 Å². The molecule has 0 spiro atoms. The van der Waals surface area contributed by atoms with Crippen LogP contribution in [0.2, 0.25) is 0 Å². The van der Waals surface area contributed by atoms with Crippen LogP contribution in [0.3, 0.4) is 0 Å². The van der Waals surface area contributed by atoms with Gasteiger partial charge in [-0.2, -0.15) is 0 Å². The average molecular weight is 378 g/mol. The van der Waals surface area contributed by atoms with Crippen LogP contribution >= 0.6 is 0 Å². The highest BCUT2D eigenvalue weighted by Crippen LogP contribution is 2.37. The van der Waals surface area contributed by atoms with E-state index in [1.165, 1.54) is 57.8 Å². The Kier molecular flexibility index (Phi) is 14.7. The molecule has 0 unspecified atom stereocenters. The van der Waals surface area contributed by atoms with Crippen molar-refractivity contribution in [2.45, 2.75) is 97.8 Å². The highest BCUT2D eigenvalue weighted by Gasteiger charge is 2.13. The topological polar surface area (TPSA) is 27.7 Å². The van der Waals surface area contributed by atoms with Crippen LogP contribution in [0.5, 0.6) is 17.2 Å². The van der Waals surface area contributed by atoms with Crippen molar-refractivity contribution >= 4 is 0 Å². The van der Waals surface area contributed by atoms with E-state index in [9.17, 15) is 0 Å². The highest BCUT2D eigenvalue weighted by molar-refractivity contribution is 5.50. The van der Waals surface area contributed by atoms with Gasteiger partial charge in [0.15, 0.2) is 11.5 Å². The van der Waals surface area contributed by atoms with E-state index in [1.807, 2.05) is 12.1 Å². The summed E-state index contributed by atoms with van der Waals surface area (Å²) in [6.45, 7) is 8.82. The molecule has 1 aromatic carbocycles. The fraction of sp³-hybridized carbons (Fsp3) is 0.750. The van der Waals surface area contributed by atoms with Gasteiger partial charge in [-0.25, -0.2) is 0 Å². The van der Waals surface area contributed by atoms with Crippen LogP contribution in [0.1, 0.15) is 97.8 Å². The Morgan fingerprint density at radius 3 is 1.70 bits per heavy atom. The number of rotatable bonds is 18. The van der Waals surface area contributed by atoms with E-state index in [0.29, 0.717) is 19.0 Å². The van der Waals surface area contributed by atoms with Crippen LogP contribution < -0.4 is 14.2 Å². The number of hydrogen-bond donors (Lipinski definition) is 0. The van der Waals surface area contributed by atoms with E-state index < -0.39 is 0 Å². The van der Waals surface area contributed by atoms with Crippen molar-refractivity contribution in [1.82, 2.24) is 0 Å². The standard InChI is InChI=1S/C24H41O3/c1-4-7-10-13-19-25-22-17-16-18-23(26-20-14-11-8-5-2)24(22)27-21-15-12-9-6-3/h16-17H,4-15,19-21H2,1-3H3. The van der Waals surface area contributed by atoms with E-state index in [4.69, 9.17) is 14.2 Å². The van der Waals surface area contributed by atoms with E-state index in [1.54, 1.807) is 0 Å². The molecule has 3 nitrogen and oxygen atoms in total. The SMILES string of the molecule is CCCCCCOc1[c]ccc(OCCCCCC)c1OCCCCCC.